The molecule has 1 amide bonds. The van der Waals surface area contributed by atoms with E-state index in [9.17, 15) is 19.8 Å². The van der Waals surface area contributed by atoms with Crippen molar-refractivity contribution in [3.05, 3.63) is 87.1 Å². The van der Waals surface area contributed by atoms with Crippen molar-refractivity contribution in [3.63, 3.8) is 0 Å². The molecule has 1 aromatic heterocycles. The van der Waals surface area contributed by atoms with Crippen LogP contribution in [0.2, 0.25) is 0 Å². The summed E-state index contributed by atoms with van der Waals surface area (Å²) in [5.74, 6) is -0.931. The lowest BCUT2D eigenvalue weighted by Crippen LogP contribution is -2.28. The van der Waals surface area contributed by atoms with Crippen LogP contribution in [0.25, 0.3) is 5.76 Å². The molecule has 6 nitrogen and oxygen atoms in total. The third-order valence-corrected chi connectivity index (χ3v) is 6.20. The highest BCUT2D eigenvalue weighted by molar-refractivity contribution is 7.09. The number of nitrogens with zero attached hydrogens (tertiary/aromatic N) is 1. The molecule has 2 aromatic carbocycles. The molecular formula is C24H21NO5S. The summed E-state index contributed by atoms with van der Waals surface area (Å²) in [6.45, 7) is 2.04. The van der Waals surface area contributed by atoms with Crippen molar-refractivity contribution >= 4 is 28.8 Å². The number of carbonyl (C=O) groups is 2. The Bertz CT molecular complexity index is 1170. The summed E-state index contributed by atoms with van der Waals surface area (Å²) in [4.78, 5) is 28.4. The van der Waals surface area contributed by atoms with Gasteiger partial charge in [-0.25, -0.2) is 0 Å². The first kappa shape index (κ1) is 20.7. The number of thiophene rings is 1. The minimum Gasteiger partial charge on any atom is -0.508 e. The molecule has 7 heteroatoms. The molecule has 158 valence electrons. The number of aromatic hydroxyl groups is 1. The fraction of sp³-hybridized carbons (Fsp3) is 0.167. The lowest BCUT2D eigenvalue weighted by atomic mass is 9.94. The normalized spacial score (nSPS) is 17.9. The SMILES string of the molecule is COc1ccc(/C(O)=C2/C(=O)C(=O)N(Cc3cccs3)C2c2ccc(O)cc2)c(C)c1. The van der Waals surface area contributed by atoms with Gasteiger partial charge in [-0.2, -0.15) is 0 Å². The highest BCUT2D eigenvalue weighted by Gasteiger charge is 2.46. The van der Waals surface area contributed by atoms with Gasteiger partial charge in [0.15, 0.2) is 0 Å². The number of methoxy groups -OCH3 is 1. The van der Waals surface area contributed by atoms with E-state index >= 15 is 0 Å². The molecule has 1 aliphatic rings. The maximum absolute atomic E-state index is 13.1. The molecule has 31 heavy (non-hydrogen) atoms. The first-order valence-corrected chi connectivity index (χ1v) is 10.5. The molecule has 0 bridgehead atoms. The van der Waals surface area contributed by atoms with Crippen LogP contribution in [-0.2, 0) is 16.1 Å². The largest absolute Gasteiger partial charge is 0.508 e. The first-order chi connectivity index (χ1) is 14.9. The predicted octanol–water partition coefficient (Wildman–Crippen LogP) is 4.39. The quantitative estimate of drug-likeness (QED) is 0.353. The van der Waals surface area contributed by atoms with Crippen LogP contribution in [-0.4, -0.2) is 33.9 Å². The third kappa shape index (κ3) is 3.80. The van der Waals surface area contributed by atoms with Crippen molar-refractivity contribution in [2.75, 3.05) is 7.11 Å². The van der Waals surface area contributed by atoms with E-state index in [0.717, 1.165) is 4.88 Å². The minimum atomic E-state index is -0.774. The summed E-state index contributed by atoms with van der Waals surface area (Å²) >= 11 is 1.49. The number of hydrogen-bond acceptors (Lipinski definition) is 6. The maximum Gasteiger partial charge on any atom is 0.295 e. The number of phenols is 1. The Morgan fingerprint density at radius 1 is 1.13 bits per heavy atom. The van der Waals surface area contributed by atoms with Crippen LogP contribution in [0.4, 0.5) is 0 Å². The number of aliphatic hydroxyl groups is 1. The second-order valence-corrected chi connectivity index (χ2v) is 8.31. The molecular weight excluding hydrogens is 414 g/mol. The molecule has 1 unspecified atom stereocenters. The van der Waals surface area contributed by atoms with Gasteiger partial charge in [0, 0.05) is 10.4 Å². The highest BCUT2D eigenvalue weighted by Crippen LogP contribution is 2.41. The fourth-order valence-electron chi connectivity index (χ4n) is 3.79. The number of phenolic OH excluding ortho intramolecular Hbond substituents is 1. The molecule has 4 rings (SSSR count). The van der Waals surface area contributed by atoms with Crippen molar-refractivity contribution in [3.8, 4) is 11.5 Å². The Hall–Kier alpha value is -3.58. The van der Waals surface area contributed by atoms with E-state index in [4.69, 9.17) is 4.74 Å². The summed E-state index contributed by atoms with van der Waals surface area (Å²) in [6, 6.07) is 14.4. The van der Waals surface area contributed by atoms with Crippen LogP contribution in [0.3, 0.4) is 0 Å². The van der Waals surface area contributed by atoms with E-state index in [2.05, 4.69) is 0 Å². The van der Waals surface area contributed by atoms with E-state index in [1.165, 1.54) is 28.4 Å². The Balaban J connectivity index is 1.87. The third-order valence-electron chi connectivity index (χ3n) is 5.34. The standard InChI is InChI=1S/C24H21NO5S/c1-14-12-17(30-2)9-10-19(14)22(27)20-21(15-5-7-16(26)8-6-15)25(24(29)23(20)28)13-18-4-3-11-31-18/h3-12,21,26-27H,13H2,1-2H3/b22-20-. The van der Waals surface area contributed by atoms with E-state index in [-0.39, 0.29) is 23.6 Å². The average Bonchev–Trinajstić information content (AvgIpc) is 3.36. The number of benzene rings is 2. The summed E-state index contributed by atoms with van der Waals surface area (Å²) in [5.41, 5.74) is 1.83. The second-order valence-electron chi connectivity index (χ2n) is 7.28. The van der Waals surface area contributed by atoms with Crippen LogP contribution < -0.4 is 4.74 Å². The van der Waals surface area contributed by atoms with Gasteiger partial charge in [-0.1, -0.05) is 18.2 Å². The zero-order valence-corrected chi connectivity index (χ0v) is 17.8. The minimum absolute atomic E-state index is 0.0283. The number of carbonyl (C=O) groups excluding carboxylic acids is 2. The molecule has 0 spiro atoms. The Morgan fingerprint density at radius 2 is 1.87 bits per heavy atom. The average molecular weight is 436 g/mol. The van der Waals surface area contributed by atoms with Crippen molar-refractivity contribution in [2.45, 2.75) is 19.5 Å². The molecule has 3 aromatic rings. The molecule has 1 saturated heterocycles. The molecule has 1 aliphatic heterocycles. The number of ketones is 1. The second kappa shape index (κ2) is 8.28. The van der Waals surface area contributed by atoms with Gasteiger partial charge in [-0.3, -0.25) is 9.59 Å². The Morgan fingerprint density at radius 3 is 2.48 bits per heavy atom. The van der Waals surface area contributed by atoms with Crippen LogP contribution in [0.1, 0.15) is 27.6 Å². The predicted molar refractivity (Wildman–Crippen MR) is 118 cm³/mol. The van der Waals surface area contributed by atoms with E-state index < -0.39 is 17.7 Å². The first-order valence-electron chi connectivity index (χ1n) is 9.65. The zero-order chi connectivity index (χ0) is 22.1. The molecule has 0 aliphatic carbocycles. The van der Waals surface area contributed by atoms with Gasteiger partial charge >= 0.3 is 0 Å². The van der Waals surface area contributed by atoms with Crippen molar-refractivity contribution in [2.24, 2.45) is 0 Å². The molecule has 0 radical (unpaired) electrons. The van der Waals surface area contributed by atoms with Crippen LogP contribution in [0, 0.1) is 6.92 Å². The van der Waals surface area contributed by atoms with Gasteiger partial charge in [0.05, 0.1) is 25.3 Å². The topological polar surface area (TPSA) is 87.1 Å². The lowest BCUT2D eigenvalue weighted by molar-refractivity contribution is -0.140. The zero-order valence-electron chi connectivity index (χ0n) is 17.0. The number of aliphatic hydroxyl groups excluding tert-OH is 1. The number of aryl methyl sites for hydroxylation is 1. The van der Waals surface area contributed by atoms with Gasteiger partial charge in [0.25, 0.3) is 11.7 Å². The molecule has 1 atom stereocenters. The van der Waals surface area contributed by atoms with Crippen molar-refractivity contribution in [1.29, 1.82) is 0 Å². The van der Waals surface area contributed by atoms with E-state index in [1.807, 2.05) is 17.5 Å². The summed E-state index contributed by atoms with van der Waals surface area (Å²) < 4.78 is 5.22. The van der Waals surface area contributed by atoms with E-state index in [0.29, 0.717) is 22.4 Å². The molecule has 2 heterocycles. The number of rotatable bonds is 5. The van der Waals surface area contributed by atoms with Crippen molar-refractivity contribution < 1.29 is 24.5 Å². The molecule has 0 saturated carbocycles. The molecule has 2 N–H and O–H groups in total. The Labute approximate surface area is 183 Å². The van der Waals surface area contributed by atoms with Crippen LogP contribution >= 0.6 is 11.3 Å². The van der Waals surface area contributed by atoms with Crippen LogP contribution in [0.5, 0.6) is 11.5 Å². The number of ether oxygens (including phenoxy) is 1. The highest BCUT2D eigenvalue weighted by atomic mass is 32.1. The van der Waals surface area contributed by atoms with Crippen molar-refractivity contribution in [1.82, 2.24) is 4.90 Å². The number of Topliss-reactive ketones (excluding diaryl/α,β-unsaturated/α-hetero) is 1. The maximum atomic E-state index is 13.1. The lowest BCUT2D eigenvalue weighted by Gasteiger charge is -2.25. The summed E-state index contributed by atoms with van der Waals surface area (Å²) in [6.07, 6.45) is 0. The van der Waals surface area contributed by atoms with E-state index in [1.54, 1.807) is 44.4 Å². The monoisotopic (exact) mass is 435 g/mol. The fourth-order valence-corrected chi connectivity index (χ4v) is 4.49. The number of likely N-dealkylation sites (tertiary alicyclic amines) is 1. The van der Waals surface area contributed by atoms with Crippen LogP contribution in [0.15, 0.2) is 65.6 Å². The summed E-state index contributed by atoms with van der Waals surface area (Å²) in [5, 5.41) is 22.8. The molecule has 1 fully saturated rings. The Kier molecular flexibility index (Phi) is 5.52. The van der Waals surface area contributed by atoms with Gasteiger partial charge in [-0.05, 0) is 59.8 Å². The van der Waals surface area contributed by atoms with Gasteiger partial charge < -0.3 is 19.8 Å². The summed E-state index contributed by atoms with van der Waals surface area (Å²) in [7, 11) is 1.55. The van der Waals surface area contributed by atoms with Gasteiger partial charge in [0.1, 0.15) is 17.3 Å². The number of amides is 1. The number of hydrogen-bond donors (Lipinski definition) is 2. The van der Waals surface area contributed by atoms with Gasteiger partial charge in [0.2, 0.25) is 0 Å². The smallest absolute Gasteiger partial charge is 0.295 e. The van der Waals surface area contributed by atoms with Gasteiger partial charge in [-0.15, -0.1) is 11.3 Å².